The van der Waals surface area contributed by atoms with Crippen molar-refractivity contribution in [1.29, 1.82) is 0 Å². The van der Waals surface area contributed by atoms with Crippen molar-refractivity contribution >= 4 is 0 Å². The first-order chi connectivity index (χ1) is 6.59. The first kappa shape index (κ1) is 9.65. The predicted octanol–water partition coefficient (Wildman–Crippen LogP) is 1.09. The lowest BCUT2D eigenvalue weighted by molar-refractivity contribution is 0.107. The molecule has 1 aliphatic rings. The summed E-state index contributed by atoms with van der Waals surface area (Å²) in [5.41, 5.74) is 0.457. The number of hydrogen-bond donors (Lipinski definition) is 1. The van der Waals surface area contributed by atoms with Crippen molar-refractivity contribution in [2.45, 2.75) is 39.3 Å². The highest BCUT2D eigenvalue weighted by molar-refractivity contribution is 4.95. The van der Waals surface area contributed by atoms with Crippen LogP contribution in [0.3, 0.4) is 0 Å². The molecule has 4 heteroatoms. The van der Waals surface area contributed by atoms with Crippen LogP contribution in [-0.2, 0) is 13.6 Å². The van der Waals surface area contributed by atoms with Crippen molar-refractivity contribution in [3.8, 4) is 0 Å². The van der Waals surface area contributed by atoms with Gasteiger partial charge >= 0.3 is 0 Å². The fourth-order valence-electron chi connectivity index (χ4n) is 1.94. The molecule has 1 saturated carbocycles. The summed E-state index contributed by atoms with van der Waals surface area (Å²) in [7, 11) is 1.93. The predicted molar refractivity (Wildman–Crippen MR) is 54.6 cm³/mol. The van der Waals surface area contributed by atoms with Crippen molar-refractivity contribution in [2.24, 2.45) is 12.5 Å². The van der Waals surface area contributed by atoms with Crippen LogP contribution in [-0.4, -0.2) is 20.8 Å². The molecule has 0 aliphatic heterocycles. The van der Waals surface area contributed by atoms with Crippen LogP contribution in [0.4, 0.5) is 0 Å². The van der Waals surface area contributed by atoms with Crippen molar-refractivity contribution in [1.82, 2.24) is 20.1 Å². The minimum atomic E-state index is 0.457. The van der Waals surface area contributed by atoms with Gasteiger partial charge in [0.15, 0.2) is 0 Å². The quantitative estimate of drug-likeness (QED) is 0.783. The zero-order valence-corrected chi connectivity index (χ0v) is 9.12. The summed E-state index contributed by atoms with van der Waals surface area (Å²) in [6, 6.07) is 0.638. The number of aromatic nitrogens is 3. The van der Waals surface area contributed by atoms with E-state index in [-0.39, 0.29) is 0 Å². The molecule has 2 rings (SSSR count). The second-order valence-electron chi connectivity index (χ2n) is 4.76. The van der Waals surface area contributed by atoms with Crippen molar-refractivity contribution in [2.75, 3.05) is 0 Å². The number of hydrogen-bond acceptors (Lipinski definition) is 3. The van der Waals surface area contributed by atoms with E-state index >= 15 is 0 Å². The maximum absolute atomic E-state index is 4.18. The SMILES string of the molecule is Cn1ncnc1CNC1CCC1(C)C. The molecule has 0 spiro atoms. The molecule has 1 fully saturated rings. The van der Waals surface area contributed by atoms with Crippen LogP contribution in [0, 0.1) is 5.41 Å². The third-order valence-corrected chi connectivity index (χ3v) is 3.33. The average molecular weight is 194 g/mol. The molecule has 14 heavy (non-hydrogen) atoms. The van der Waals surface area contributed by atoms with E-state index in [4.69, 9.17) is 0 Å². The van der Waals surface area contributed by atoms with E-state index in [0.29, 0.717) is 11.5 Å². The Kier molecular flexibility index (Phi) is 2.31. The Morgan fingerprint density at radius 1 is 1.64 bits per heavy atom. The van der Waals surface area contributed by atoms with Gasteiger partial charge in [-0.1, -0.05) is 13.8 Å². The summed E-state index contributed by atoms with van der Waals surface area (Å²) >= 11 is 0. The summed E-state index contributed by atoms with van der Waals surface area (Å²) in [5.74, 6) is 1.01. The first-order valence-corrected chi connectivity index (χ1v) is 5.16. The monoisotopic (exact) mass is 194 g/mol. The second-order valence-corrected chi connectivity index (χ2v) is 4.76. The second kappa shape index (κ2) is 3.35. The van der Waals surface area contributed by atoms with Crippen LogP contribution < -0.4 is 5.32 Å². The first-order valence-electron chi connectivity index (χ1n) is 5.16. The Labute approximate surface area is 84.7 Å². The molecule has 0 aromatic carbocycles. The van der Waals surface area contributed by atoms with Gasteiger partial charge in [-0.05, 0) is 18.3 Å². The van der Waals surface area contributed by atoms with Gasteiger partial charge in [0.05, 0.1) is 6.54 Å². The molecule has 1 heterocycles. The molecule has 1 atom stereocenters. The fraction of sp³-hybridized carbons (Fsp3) is 0.800. The van der Waals surface area contributed by atoms with E-state index in [9.17, 15) is 0 Å². The van der Waals surface area contributed by atoms with Crippen LogP contribution in [0.5, 0.6) is 0 Å². The lowest BCUT2D eigenvalue weighted by atomic mass is 9.67. The third-order valence-electron chi connectivity index (χ3n) is 3.33. The Hall–Kier alpha value is -0.900. The minimum absolute atomic E-state index is 0.457. The van der Waals surface area contributed by atoms with E-state index in [2.05, 4.69) is 29.2 Å². The van der Waals surface area contributed by atoms with Gasteiger partial charge in [0.25, 0.3) is 0 Å². The van der Waals surface area contributed by atoms with Crippen LogP contribution >= 0.6 is 0 Å². The van der Waals surface area contributed by atoms with E-state index in [1.54, 1.807) is 6.33 Å². The summed E-state index contributed by atoms with van der Waals surface area (Å²) in [6.45, 7) is 5.44. The van der Waals surface area contributed by atoms with Crippen molar-refractivity contribution in [3.63, 3.8) is 0 Å². The van der Waals surface area contributed by atoms with Crippen molar-refractivity contribution < 1.29 is 0 Å². The van der Waals surface area contributed by atoms with Crippen molar-refractivity contribution in [3.05, 3.63) is 12.2 Å². The average Bonchev–Trinajstić information content (AvgIpc) is 2.50. The number of aryl methyl sites for hydroxylation is 1. The molecule has 0 radical (unpaired) electrons. The highest BCUT2D eigenvalue weighted by atomic mass is 15.3. The maximum atomic E-state index is 4.18. The maximum Gasteiger partial charge on any atom is 0.140 e. The van der Waals surface area contributed by atoms with Gasteiger partial charge in [-0.15, -0.1) is 0 Å². The van der Waals surface area contributed by atoms with Crippen LogP contribution in [0.2, 0.25) is 0 Å². The number of nitrogens with zero attached hydrogens (tertiary/aromatic N) is 3. The van der Waals surface area contributed by atoms with E-state index in [0.717, 1.165) is 12.4 Å². The molecule has 0 amide bonds. The Balaban J connectivity index is 1.87. The molecule has 78 valence electrons. The van der Waals surface area contributed by atoms with Gasteiger partial charge in [0.1, 0.15) is 12.2 Å². The summed E-state index contributed by atoms with van der Waals surface area (Å²) in [6.07, 6.45) is 4.21. The summed E-state index contributed by atoms with van der Waals surface area (Å²) in [5, 5.41) is 7.57. The minimum Gasteiger partial charge on any atom is -0.307 e. The van der Waals surface area contributed by atoms with E-state index < -0.39 is 0 Å². The number of nitrogens with one attached hydrogen (secondary N) is 1. The van der Waals surface area contributed by atoms with Gasteiger partial charge in [0.2, 0.25) is 0 Å². The summed E-state index contributed by atoms with van der Waals surface area (Å²) in [4.78, 5) is 4.18. The lowest BCUT2D eigenvalue weighted by Gasteiger charge is -2.45. The van der Waals surface area contributed by atoms with Gasteiger partial charge in [-0.25, -0.2) is 4.98 Å². The number of rotatable bonds is 3. The highest BCUT2D eigenvalue weighted by Gasteiger charge is 2.37. The topological polar surface area (TPSA) is 42.7 Å². The molecule has 0 bridgehead atoms. The smallest absolute Gasteiger partial charge is 0.140 e. The summed E-state index contributed by atoms with van der Waals surface area (Å²) < 4.78 is 1.82. The molecule has 1 N–H and O–H groups in total. The normalized spacial score (nSPS) is 24.6. The zero-order chi connectivity index (χ0) is 10.2. The van der Waals surface area contributed by atoms with Crippen LogP contribution in [0.25, 0.3) is 0 Å². The Morgan fingerprint density at radius 3 is 2.86 bits per heavy atom. The zero-order valence-electron chi connectivity index (χ0n) is 9.12. The molecule has 1 aromatic rings. The molecule has 4 nitrogen and oxygen atoms in total. The molecule has 0 saturated heterocycles. The Morgan fingerprint density at radius 2 is 2.43 bits per heavy atom. The van der Waals surface area contributed by atoms with Crippen LogP contribution in [0.15, 0.2) is 6.33 Å². The molecular formula is C10H18N4. The molecular weight excluding hydrogens is 176 g/mol. The third kappa shape index (κ3) is 1.66. The standard InChI is InChI=1S/C10H18N4/c1-10(2)5-4-8(10)11-6-9-12-7-13-14(9)3/h7-8,11H,4-6H2,1-3H3. The molecule has 1 aromatic heterocycles. The van der Waals surface area contributed by atoms with E-state index in [1.165, 1.54) is 12.8 Å². The lowest BCUT2D eigenvalue weighted by Crippen LogP contribution is -2.49. The highest BCUT2D eigenvalue weighted by Crippen LogP contribution is 2.39. The van der Waals surface area contributed by atoms with Gasteiger partial charge in [0, 0.05) is 13.1 Å². The van der Waals surface area contributed by atoms with Gasteiger partial charge in [-0.3, -0.25) is 4.68 Å². The van der Waals surface area contributed by atoms with Gasteiger partial charge < -0.3 is 5.32 Å². The Bertz CT molecular complexity index is 316. The van der Waals surface area contributed by atoms with E-state index in [1.807, 2.05) is 11.7 Å². The molecule has 1 unspecified atom stereocenters. The molecule has 1 aliphatic carbocycles. The fourth-order valence-corrected chi connectivity index (χ4v) is 1.94. The van der Waals surface area contributed by atoms with Gasteiger partial charge in [-0.2, -0.15) is 5.10 Å². The van der Waals surface area contributed by atoms with Crippen LogP contribution in [0.1, 0.15) is 32.5 Å². The largest absolute Gasteiger partial charge is 0.307 e.